The van der Waals surface area contributed by atoms with Crippen molar-refractivity contribution in [2.24, 2.45) is 0 Å². The highest BCUT2D eigenvalue weighted by molar-refractivity contribution is 7.12. The average molecular weight is 269 g/mol. The lowest BCUT2D eigenvalue weighted by Gasteiger charge is -2.03. The van der Waals surface area contributed by atoms with Gasteiger partial charge in [0.1, 0.15) is 5.75 Å². The predicted octanol–water partition coefficient (Wildman–Crippen LogP) is 3.54. The minimum absolute atomic E-state index is 0.0161. The molecule has 19 heavy (non-hydrogen) atoms. The molecule has 1 aromatic carbocycles. The number of nitrogens with zero attached hydrogens (tertiary/aromatic N) is 1. The van der Waals surface area contributed by atoms with Crippen molar-refractivity contribution >= 4 is 27.9 Å². The van der Waals surface area contributed by atoms with Crippen LogP contribution in [-0.2, 0) is 0 Å². The van der Waals surface area contributed by atoms with Gasteiger partial charge in [0.25, 0.3) is 0 Å². The maximum absolute atomic E-state index is 12.5. The Bertz CT molecular complexity index is 743. The van der Waals surface area contributed by atoms with E-state index in [4.69, 9.17) is 4.74 Å². The standard InChI is InChI=1S/C15H11NO2S/c1-18-11-6-14(19-9-11)15(17)13-8-16-7-10-4-2-3-5-12(10)13/h2-9H,1H3. The van der Waals surface area contributed by atoms with Gasteiger partial charge in [-0.1, -0.05) is 24.3 Å². The second-order valence-electron chi connectivity index (χ2n) is 4.09. The van der Waals surface area contributed by atoms with Gasteiger partial charge < -0.3 is 4.74 Å². The van der Waals surface area contributed by atoms with Gasteiger partial charge in [-0.3, -0.25) is 9.78 Å². The fraction of sp³-hybridized carbons (Fsp3) is 0.0667. The summed E-state index contributed by atoms with van der Waals surface area (Å²) in [7, 11) is 1.59. The van der Waals surface area contributed by atoms with Gasteiger partial charge in [-0.2, -0.15) is 0 Å². The summed E-state index contributed by atoms with van der Waals surface area (Å²) in [6, 6.07) is 9.51. The van der Waals surface area contributed by atoms with Gasteiger partial charge in [-0.25, -0.2) is 0 Å². The molecule has 0 atom stereocenters. The Kier molecular flexibility index (Phi) is 3.01. The van der Waals surface area contributed by atoms with Crippen molar-refractivity contribution in [2.45, 2.75) is 0 Å². The predicted molar refractivity (Wildman–Crippen MR) is 76.0 cm³/mol. The number of methoxy groups -OCH3 is 1. The molecule has 4 heteroatoms. The van der Waals surface area contributed by atoms with E-state index in [0.717, 1.165) is 10.8 Å². The summed E-state index contributed by atoms with van der Waals surface area (Å²) in [5, 5.41) is 3.72. The number of hydrogen-bond acceptors (Lipinski definition) is 4. The first-order valence-electron chi connectivity index (χ1n) is 5.79. The van der Waals surface area contributed by atoms with Crippen molar-refractivity contribution < 1.29 is 9.53 Å². The number of ether oxygens (including phenoxy) is 1. The molecular formula is C15H11NO2S. The summed E-state index contributed by atoms with van der Waals surface area (Å²) in [6.45, 7) is 0. The second kappa shape index (κ2) is 4.82. The molecule has 3 aromatic rings. The molecule has 0 saturated carbocycles. The third-order valence-electron chi connectivity index (χ3n) is 2.95. The van der Waals surface area contributed by atoms with Crippen LogP contribution in [0.15, 0.2) is 48.1 Å². The van der Waals surface area contributed by atoms with Crippen LogP contribution in [0.25, 0.3) is 10.8 Å². The smallest absolute Gasteiger partial charge is 0.205 e. The fourth-order valence-electron chi connectivity index (χ4n) is 1.98. The Morgan fingerprint density at radius 1 is 1.26 bits per heavy atom. The van der Waals surface area contributed by atoms with E-state index in [1.165, 1.54) is 11.3 Å². The van der Waals surface area contributed by atoms with Crippen LogP contribution in [0.4, 0.5) is 0 Å². The Labute approximate surface area is 114 Å². The monoisotopic (exact) mass is 269 g/mol. The number of pyridine rings is 1. The molecule has 0 saturated heterocycles. The van der Waals surface area contributed by atoms with E-state index in [1.807, 2.05) is 29.6 Å². The first-order valence-corrected chi connectivity index (χ1v) is 6.67. The summed E-state index contributed by atoms with van der Waals surface area (Å²) in [5.41, 5.74) is 0.627. The number of carbonyl (C=O) groups is 1. The zero-order valence-electron chi connectivity index (χ0n) is 10.3. The van der Waals surface area contributed by atoms with Crippen molar-refractivity contribution in [1.29, 1.82) is 0 Å². The molecule has 0 bridgehead atoms. The van der Waals surface area contributed by atoms with Gasteiger partial charge in [0.2, 0.25) is 5.78 Å². The van der Waals surface area contributed by atoms with Crippen LogP contribution in [0, 0.1) is 0 Å². The van der Waals surface area contributed by atoms with Gasteiger partial charge in [0.05, 0.1) is 12.0 Å². The van der Waals surface area contributed by atoms with Crippen molar-refractivity contribution in [1.82, 2.24) is 4.98 Å². The zero-order chi connectivity index (χ0) is 13.2. The van der Waals surface area contributed by atoms with E-state index in [9.17, 15) is 4.79 Å². The SMILES string of the molecule is COc1csc(C(=O)c2cncc3ccccc23)c1. The summed E-state index contributed by atoms with van der Waals surface area (Å²) in [4.78, 5) is 17.3. The van der Waals surface area contributed by atoms with Gasteiger partial charge in [-0.15, -0.1) is 11.3 Å². The summed E-state index contributed by atoms with van der Waals surface area (Å²) < 4.78 is 5.11. The molecule has 0 spiro atoms. The van der Waals surface area contributed by atoms with Gasteiger partial charge >= 0.3 is 0 Å². The maximum Gasteiger partial charge on any atom is 0.205 e. The molecule has 2 aromatic heterocycles. The van der Waals surface area contributed by atoms with E-state index >= 15 is 0 Å². The number of fused-ring (bicyclic) bond motifs is 1. The lowest BCUT2D eigenvalue weighted by atomic mass is 10.0. The van der Waals surface area contributed by atoms with Gasteiger partial charge in [0.15, 0.2) is 0 Å². The quantitative estimate of drug-likeness (QED) is 0.683. The van der Waals surface area contributed by atoms with Gasteiger partial charge in [-0.05, 0) is 5.39 Å². The first-order chi connectivity index (χ1) is 9.29. The number of hydrogen-bond donors (Lipinski definition) is 0. The highest BCUT2D eigenvalue weighted by Crippen LogP contribution is 2.26. The van der Waals surface area contributed by atoms with E-state index in [0.29, 0.717) is 16.2 Å². The third-order valence-corrected chi connectivity index (χ3v) is 3.86. The molecule has 0 amide bonds. The Morgan fingerprint density at radius 3 is 2.89 bits per heavy atom. The minimum Gasteiger partial charge on any atom is -0.496 e. The summed E-state index contributed by atoms with van der Waals surface area (Å²) >= 11 is 1.38. The molecule has 0 fully saturated rings. The highest BCUT2D eigenvalue weighted by atomic mass is 32.1. The van der Waals surface area contributed by atoms with Crippen LogP contribution in [0.1, 0.15) is 15.2 Å². The molecular weight excluding hydrogens is 258 g/mol. The van der Waals surface area contributed by atoms with Crippen LogP contribution < -0.4 is 4.74 Å². The van der Waals surface area contributed by atoms with Crippen molar-refractivity contribution in [3.63, 3.8) is 0 Å². The molecule has 0 aliphatic carbocycles. The number of carbonyl (C=O) groups excluding carboxylic acids is 1. The molecule has 0 aliphatic rings. The van der Waals surface area contributed by atoms with Crippen LogP contribution in [0.2, 0.25) is 0 Å². The zero-order valence-corrected chi connectivity index (χ0v) is 11.1. The Morgan fingerprint density at radius 2 is 2.11 bits per heavy atom. The number of benzene rings is 1. The third kappa shape index (κ3) is 2.11. The topological polar surface area (TPSA) is 39.2 Å². The van der Waals surface area contributed by atoms with E-state index in [-0.39, 0.29) is 5.78 Å². The number of thiophene rings is 1. The number of aromatic nitrogens is 1. The molecule has 94 valence electrons. The molecule has 0 aliphatic heterocycles. The Balaban J connectivity index is 2.11. The first kappa shape index (κ1) is 11.9. The number of rotatable bonds is 3. The molecule has 3 rings (SSSR count). The van der Waals surface area contributed by atoms with Crippen molar-refractivity contribution in [2.75, 3.05) is 7.11 Å². The normalized spacial score (nSPS) is 10.6. The van der Waals surface area contributed by atoms with Crippen LogP contribution in [0.5, 0.6) is 5.75 Å². The Hall–Kier alpha value is -2.20. The molecule has 3 nitrogen and oxygen atoms in total. The molecule has 2 heterocycles. The summed E-state index contributed by atoms with van der Waals surface area (Å²) in [6.07, 6.45) is 3.39. The van der Waals surface area contributed by atoms with Crippen molar-refractivity contribution in [3.05, 3.63) is 58.5 Å². The molecule has 0 N–H and O–H groups in total. The average Bonchev–Trinajstić information content (AvgIpc) is 2.95. The lowest BCUT2D eigenvalue weighted by Crippen LogP contribution is -2.00. The highest BCUT2D eigenvalue weighted by Gasteiger charge is 2.15. The van der Waals surface area contributed by atoms with Crippen LogP contribution in [-0.4, -0.2) is 17.9 Å². The van der Waals surface area contributed by atoms with E-state index < -0.39 is 0 Å². The molecule has 0 radical (unpaired) electrons. The maximum atomic E-state index is 12.5. The van der Waals surface area contributed by atoms with E-state index in [1.54, 1.807) is 25.6 Å². The van der Waals surface area contributed by atoms with Gasteiger partial charge in [0, 0.05) is 34.8 Å². The lowest BCUT2D eigenvalue weighted by molar-refractivity contribution is 0.104. The van der Waals surface area contributed by atoms with Crippen LogP contribution >= 0.6 is 11.3 Å². The minimum atomic E-state index is -0.0161. The van der Waals surface area contributed by atoms with E-state index in [2.05, 4.69) is 4.98 Å². The van der Waals surface area contributed by atoms with Crippen molar-refractivity contribution in [3.8, 4) is 5.75 Å². The second-order valence-corrected chi connectivity index (χ2v) is 5.00. The fourth-order valence-corrected chi connectivity index (χ4v) is 2.78. The number of ketones is 1. The molecule has 0 unspecified atom stereocenters. The largest absolute Gasteiger partial charge is 0.496 e. The van der Waals surface area contributed by atoms with Crippen LogP contribution in [0.3, 0.4) is 0 Å². The summed E-state index contributed by atoms with van der Waals surface area (Å²) in [5.74, 6) is 0.694.